The summed E-state index contributed by atoms with van der Waals surface area (Å²) in [6, 6.07) is 5.69. The third-order valence-electron chi connectivity index (χ3n) is 1.99. The fourth-order valence-electron chi connectivity index (χ4n) is 1.26. The van der Waals surface area contributed by atoms with Crippen molar-refractivity contribution in [3.05, 3.63) is 51.4 Å². The van der Waals surface area contributed by atoms with Crippen LogP contribution in [0.25, 0.3) is 0 Å². The number of rotatable bonds is 2. The zero-order valence-corrected chi connectivity index (χ0v) is 10.1. The van der Waals surface area contributed by atoms with Gasteiger partial charge in [-0.05, 0) is 23.1 Å². The molecule has 80 valence electrons. The van der Waals surface area contributed by atoms with E-state index < -0.39 is 0 Å². The summed E-state index contributed by atoms with van der Waals surface area (Å²) in [6.45, 7) is 0. The molecule has 2 heterocycles. The summed E-state index contributed by atoms with van der Waals surface area (Å²) in [5, 5.41) is 2.62. The van der Waals surface area contributed by atoms with Crippen LogP contribution in [0.3, 0.4) is 0 Å². The standard InChI is InChI=1S/C10H9ClN2S.ClH/c11-8-6-13-4-3-7(8)10(12)9-2-1-5-14-9;/h1-6,10H,12H2;1H/t10-;/m0./s1. The van der Waals surface area contributed by atoms with Crippen LogP contribution in [0.1, 0.15) is 16.5 Å². The molecule has 0 aromatic carbocycles. The summed E-state index contributed by atoms with van der Waals surface area (Å²) in [5.74, 6) is 0. The minimum Gasteiger partial charge on any atom is -0.320 e. The van der Waals surface area contributed by atoms with Gasteiger partial charge in [-0.15, -0.1) is 23.7 Å². The predicted octanol–water partition coefficient (Wildman–Crippen LogP) is 3.27. The second kappa shape index (κ2) is 5.47. The molecule has 0 aliphatic carbocycles. The van der Waals surface area contributed by atoms with Crippen LogP contribution < -0.4 is 5.73 Å². The molecule has 15 heavy (non-hydrogen) atoms. The predicted molar refractivity (Wildman–Crippen MR) is 66.8 cm³/mol. The maximum Gasteiger partial charge on any atom is 0.0661 e. The number of halogens is 2. The molecule has 0 aliphatic heterocycles. The molecule has 5 heteroatoms. The van der Waals surface area contributed by atoms with Gasteiger partial charge in [0.15, 0.2) is 0 Å². The van der Waals surface area contributed by atoms with Crippen LogP contribution in [0.5, 0.6) is 0 Å². The van der Waals surface area contributed by atoms with Gasteiger partial charge in [0.05, 0.1) is 11.1 Å². The minimum atomic E-state index is -0.148. The molecule has 2 aromatic heterocycles. The summed E-state index contributed by atoms with van der Waals surface area (Å²) < 4.78 is 0. The van der Waals surface area contributed by atoms with E-state index in [4.69, 9.17) is 17.3 Å². The number of pyridine rings is 1. The molecule has 0 fully saturated rings. The first-order valence-corrected chi connectivity index (χ1v) is 5.43. The topological polar surface area (TPSA) is 38.9 Å². The van der Waals surface area contributed by atoms with Crippen molar-refractivity contribution in [3.8, 4) is 0 Å². The highest BCUT2D eigenvalue weighted by Gasteiger charge is 2.12. The van der Waals surface area contributed by atoms with Crippen molar-refractivity contribution in [1.29, 1.82) is 0 Å². The van der Waals surface area contributed by atoms with E-state index >= 15 is 0 Å². The fraction of sp³-hybridized carbons (Fsp3) is 0.100. The molecule has 0 aliphatic rings. The molecular weight excluding hydrogens is 251 g/mol. The van der Waals surface area contributed by atoms with Crippen LogP contribution in [0.4, 0.5) is 0 Å². The SMILES string of the molecule is Cl.N[C@H](c1cccs1)c1ccncc1Cl. The van der Waals surface area contributed by atoms with E-state index in [1.807, 2.05) is 23.6 Å². The van der Waals surface area contributed by atoms with Gasteiger partial charge < -0.3 is 5.73 Å². The van der Waals surface area contributed by atoms with Crippen LogP contribution in [-0.4, -0.2) is 4.98 Å². The molecule has 2 nitrogen and oxygen atoms in total. The Kier molecular flexibility index (Phi) is 4.54. The molecule has 0 bridgehead atoms. The molecule has 0 spiro atoms. The zero-order valence-electron chi connectivity index (χ0n) is 7.76. The maximum atomic E-state index is 6.06. The lowest BCUT2D eigenvalue weighted by Crippen LogP contribution is -2.10. The lowest BCUT2D eigenvalue weighted by atomic mass is 10.1. The van der Waals surface area contributed by atoms with E-state index in [1.165, 1.54) is 0 Å². The van der Waals surface area contributed by atoms with Gasteiger partial charge in [0.1, 0.15) is 0 Å². The zero-order chi connectivity index (χ0) is 9.97. The number of aromatic nitrogens is 1. The molecule has 0 radical (unpaired) electrons. The van der Waals surface area contributed by atoms with E-state index in [0.29, 0.717) is 5.02 Å². The lowest BCUT2D eigenvalue weighted by Gasteiger charge is -2.10. The normalized spacial score (nSPS) is 11.9. The van der Waals surface area contributed by atoms with Gasteiger partial charge in [-0.1, -0.05) is 17.7 Å². The fourth-order valence-corrected chi connectivity index (χ4v) is 2.24. The molecule has 0 unspecified atom stereocenters. The van der Waals surface area contributed by atoms with Crippen molar-refractivity contribution in [1.82, 2.24) is 4.98 Å². The van der Waals surface area contributed by atoms with Crippen molar-refractivity contribution < 1.29 is 0 Å². The Morgan fingerprint density at radius 3 is 2.80 bits per heavy atom. The first kappa shape index (κ1) is 12.5. The first-order valence-electron chi connectivity index (χ1n) is 4.17. The number of hydrogen-bond acceptors (Lipinski definition) is 3. The van der Waals surface area contributed by atoms with Crippen molar-refractivity contribution in [2.75, 3.05) is 0 Å². The third-order valence-corrected chi connectivity index (χ3v) is 3.26. The molecule has 0 saturated carbocycles. The van der Waals surface area contributed by atoms with Crippen molar-refractivity contribution in [2.45, 2.75) is 6.04 Å². The molecule has 1 atom stereocenters. The minimum absolute atomic E-state index is 0. The highest BCUT2D eigenvalue weighted by molar-refractivity contribution is 7.10. The molecule has 2 aromatic rings. The van der Waals surface area contributed by atoms with Crippen LogP contribution in [0, 0.1) is 0 Å². The van der Waals surface area contributed by atoms with Crippen LogP contribution in [-0.2, 0) is 0 Å². The molecule has 2 N–H and O–H groups in total. The third kappa shape index (κ3) is 2.69. The van der Waals surface area contributed by atoms with Crippen LogP contribution in [0.15, 0.2) is 36.0 Å². The summed E-state index contributed by atoms with van der Waals surface area (Å²) in [7, 11) is 0. The Bertz CT molecular complexity index is 417. The van der Waals surface area contributed by atoms with E-state index in [-0.39, 0.29) is 18.4 Å². The highest BCUT2D eigenvalue weighted by Crippen LogP contribution is 2.27. The van der Waals surface area contributed by atoms with Gasteiger partial charge in [0.2, 0.25) is 0 Å². The first-order chi connectivity index (χ1) is 6.79. The van der Waals surface area contributed by atoms with E-state index in [1.54, 1.807) is 23.7 Å². The van der Waals surface area contributed by atoms with E-state index in [2.05, 4.69) is 4.98 Å². The van der Waals surface area contributed by atoms with Gasteiger partial charge in [0, 0.05) is 17.3 Å². The maximum absolute atomic E-state index is 6.06. The van der Waals surface area contributed by atoms with Crippen molar-refractivity contribution >= 4 is 35.3 Å². The van der Waals surface area contributed by atoms with Gasteiger partial charge in [0.25, 0.3) is 0 Å². The monoisotopic (exact) mass is 260 g/mol. The number of thiophene rings is 1. The Hall–Kier alpha value is -0.610. The van der Waals surface area contributed by atoms with Gasteiger partial charge in [-0.2, -0.15) is 0 Å². The average Bonchev–Trinajstić information content (AvgIpc) is 2.70. The molecule has 2 rings (SSSR count). The number of nitrogens with zero attached hydrogens (tertiary/aromatic N) is 1. The summed E-state index contributed by atoms with van der Waals surface area (Å²) >= 11 is 7.63. The second-order valence-electron chi connectivity index (χ2n) is 2.89. The quantitative estimate of drug-likeness (QED) is 0.901. The van der Waals surface area contributed by atoms with Crippen molar-refractivity contribution in [2.24, 2.45) is 5.73 Å². The van der Waals surface area contributed by atoms with Crippen LogP contribution in [0.2, 0.25) is 5.02 Å². The Labute approximate surface area is 104 Å². The summed E-state index contributed by atoms with van der Waals surface area (Å²) in [4.78, 5) is 5.03. The van der Waals surface area contributed by atoms with Gasteiger partial charge in [-0.3, -0.25) is 4.98 Å². The number of nitrogens with two attached hydrogens (primary N) is 1. The Morgan fingerprint density at radius 2 is 2.20 bits per heavy atom. The molecular formula is C10H10Cl2N2S. The van der Waals surface area contributed by atoms with Gasteiger partial charge in [-0.25, -0.2) is 0 Å². The second-order valence-corrected chi connectivity index (χ2v) is 4.28. The van der Waals surface area contributed by atoms with Crippen LogP contribution >= 0.6 is 35.3 Å². The van der Waals surface area contributed by atoms with E-state index in [0.717, 1.165) is 10.4 Å². The summed E-state index contributed by atoms with van der Waals surface area (Å²) in [6.07, 6.45) is 3.32. The van der Waals surface area contributed by atoms with E-state index in [9.17, 15) is 0 Å². The smallest absolute Gasteiger partial charge is 0.0661 e. The lowest BCUT2D eigenvalue weighted by molar-refractivity contribution is 0.889. The van der Waals surface area contributed by atoms with Gasteiger partial charge >= 0.3 is 0 Å². The summed E-state index contributed by atoms with van der Waals surface area (Å²) in [5.41, 5.74) is 6.98. The highest BCUT2D eigenvalue weighted by atomic mass is 35.5. The molecule has 0 saturated heterocycles. The molecule has 0 amide bonds. The Balaban J connectivity index is 0.00000112. The average molecular weight is 261 g/mol. The largest absolute Gasteiger partial charge is 0.320 e. The Morgan fingerprint density at radius 1 is 1.40 bits per heavy atom. The number of hydrogen-bond donors (Lipinski definition) is 1. The van der Waals surface area contributed by atoms with Crippen molar-refractivity contribution in [3.63, 3.8) is 0 Å².